The van der Waals surface area contributed by atoms with E-state index in [2.05, 4.69) is 12.2 Å². The van der Waals surface area contributed by atoms with Crippen molar-refractivity contribution in [3.8, 4) is 5.75 Å². The van der Waals surface area contributed by atoms with Gasteiger partial charge in [0.2, 0.25) is 0 Å². The average molecular weight is 332 g/mol. The smallest absolute Gasteiger partial charge is 0.255 e. The topological polar surface area (TPSA) is 38.3 Å². The second kappa shape index (κ2) is 9.21. The number of ether oxygens (including phenoxy) is 1. The summed E-state index contributed by atoms with van der Waals surface area (Å²) < 4.78 is 5.68. The van der Waals surface area contributed by atoms with E-state index in [0.29, 0.717) is 10.6 Å². The first kappa shape index (κ1) is 17.4. The van der Waals surface area contributed by atoms with Crippen molar-refractivity contribution in [1.29, 1.82) is 0 Å². The lowest BCUT2D eigenvalue weighted by atomic mass is 10.2. The van der Waals surface area contributed by atoms with Gasteiger partial charge in [0.05, 0.1) is 6.61 Å². The van der Waals surface area contributed by atoms with E-state index in [1.165, 1.54) is 19.3 Å². The van der Waals surface area contributed by atoms with E-state index < -0.39 is 0 Å². The Kier molecular flexibility index (Phi) is 6.95. The fourth-order valence-electron chi connectivity index (χ4n) is 2.16. The number of hydrogen-bond acceptors (Lipinski definition) is 2. The Labute approximate surface area is 142 Å². The number of anilines is 1. The van der Waals surface area contributed by atoms with E-state index >= 15 is 0 Å². The molecular formula is C19H22ClNO2. The maximum absolute atomic E-state index is 12.1. The summed E-state index contributed by atoms with van der Waals surface area (Å²) in [5.41, 5.74) is 1.31. The Balaban J connectivity index is 1.82. The highest BCUT2D eigenvalue weighted by molar-refractivity contribution is 6.30. The van der Waals surface area contributed by atoms with Gasteiger partial charge in [-0.1, -0.05) is 37.8 Å². The van der Waals surface area contributed by atoms with Crippen molar-refractivity contribution in [3.05, 3.63) is 59.1 Å². The van der Waals surface area contributed by atoms with E-state index in [0.717, 1.165) is 24.5 Å². The van der Waals surface area contributed by atoms with Crippen molar-refractivity contribution in [2.75, 3.05) is 11.9 Å². The lowest BCUT2D eigenvalue weighted by Crippen LogP contribution is -2.11. The van der Waals surface area contributed by atoms with Crippen LogP contribution in [0.2, 0.25) is 5.02 Å². The maximum Gasteiger partial charge on any atom is 0.255 e. The Hall–Kier alpha value is -2.00. The van der Waals surface area contributed by atoms with Crippen molar-refractivity contribution in [3.63, 3.8) is 0 Å². The summed E-state index contributed by atoms with van der Waals surface area (Å²) in [5.74, 6) is 0.667. The van der Waals surface area contributed by atoms with Crippen LogP contribution in [0.1, 0.15) is 43.0 Å². The van der Waals surface area contributed by atoms with Crippen LogP contribution in [0.15, 0.2) is 48.5 Å². The summed E-state index contributed by atoms with van der Waals surface area (Å²) in [7, 11) is 0. The van der Waals surface area contributed by atoms with Gasteiger partial charge in [0.15, 0.2) is 0 Å². The number of amides is 1. The molecule has 0 heterocycles. The van der Waals surface area contributed by atoms with Crippen LogP contribution in [0, 0.1) is 0 Å². The van der Waals surface area contributed by atoms with Crippen molar-refractivity contribution >= 4 is 23.2 Å². The SMILES string of the molecule is CCCCCCOc1ccc(NC(=O)c2ccc(Cl)cc2)cc1. The minimum atomic E-state index is -0.157. The standard InChI is InChI=1S/C19H22ClNO2/c1-2-3-4-5-14-23-18-12-10-17(11-13-18)21-19(22)15-6-8-16(20)9-7-15/h6-13H,2-5,14H2,1H3,(H,21,22). The van der Waals surface area contributed by atoms with E-state index in [-0.39, 0.29) is 5.91 Å². The largest absolute Gasteiger partial charge is 0.494 e. The van der Waals surface area contributed by atoms with E-state index in [9.17, 15) is 4.79 Å². The molecule has 0 aliphatic heterocycles. The Morgan fingerprint density at radius 1 is 1.00 bits per heavy atom. The van der Waals surface area contributed by atoms with E-state index in [1.807, 2.05) is 24.3 Å². The van der Waals surface area contributed by atoms with Crippen LogP contribution in [0.5, 0.6) is 5.75 Å². The highest BCUT2D eigenvalue weighted by Gasteiger charge is 2.06. The Morgan fingerprint density at radius 3 is 2.35 bits per heavy atom. The van der Waals surface area contributed by atoms with Crippen molar-refractivity contribution in [1.82, 2.24) is 0 Å². The van der Waals surface area contributed by atoms with Gasteiger partial charge >= 0.3 is 0 Å². The van der Waals surface area contributed by atoms with Gasteiger partial charge in [-0.2, -0.15) is 0 Å². The normalized spacial score (nSPS) is 10.3. The molecule has 2 aromatic carbocycles. The third-order valence-electron chi connectivity index (χ3n) is 3.49. The first-order valence-electron chi connectivity index (χ1n) is 7.99. The minimum absolute atomic E-state index is 0.157. The van der Waals surface area contributed by atoms with Gasteiger partial charge in [-0.15, -0.1) is 0 Å². The summed E-state index contributed by atoms with van der Waals surface area (Å²) in [4.78, 5) is 12.1. The lowest BCUT2D eigenvalue weighted by molar-refractivity contribution is 0.102. The van der Waals surface area contributed by atoms with Gasteiger partial charge in [-0.25, -0.2) is 0 Å². The molecule has 122 valence electrons. The molecule has 0 bridgehead atoms. The summed E-state index contributed by atoms with van der Waals surface area (Å²) in [5, 5.41) is 3.46. The third-order valence-corrected chi connectivity index (χ3v) is 3.74. The fourth-order valence-corrected chi connectivity index (χ4v) is 2.28. The van der Waals surface area contributed by atoms with Crippen LogP contribution in [-0.2, 0) is 0 Å². The first-order chi connectivity index (χ1) is 11.2. The molecule has 0 spiro atoms. The molecule has 23 heavy (non-hydrogen) atoms. The molecule has 0 atom stereocenters. The highest BCUT2D eigenvalue weighted by Crippen LogP contribution is 2.17. The van der Waals surface area contributed by atoms with Crippen molar-refractivity contribution < 1.29 is 9.53 Å². The molecule has 0 saturated heterocycles. The Bertz CT molecular complexity index is 608. The zero-order valence-electron chi connectivity index (χ0n) is 13.3. The van der Waals surface area contributed by atoms with Crippen LogP contribution >= 0.6 is 11.6 Å². The predicted molar refractivity (Wildman–Crippen MR) is 95.5 cm³/mol. The third kappa shape index (κ3) is 5.95. The maximum atomic E-state index is 12.1. The molecule has 0 aromatic heterocycles. The Morgan fingerprint density at radius 2 is 1.70 bits per heavy atom. The van der Waals surface area contributed by atoms with Crippen LogP contribution in [0.3, 0.4) is 0 Å². The molecule has 0 radical (unpaired) electrons. The predicted octanol–water partition coefficient (Wildman–Crippen LogP) is 5.55. The van der Waals surface area contributed by atoms with Crippen LogP contribution < -0.4 is 10.1 Å². The monoisotopic (exact) mass is 331 g/mol. The van der Waals surface area contributed by atoms with Gasteiger partial charge in [-0.05, 0) is 55.0 Å². The zero-order valence-corrected chi connectivity index (χ0v) is 14.1. The van der Waals surface area contributed by atoms with E-state index in [1.54, 1.807) is 24.3 Å². The van der Waals surface area contributed by atoms with Gasteiger partial charge in [-0.3, -0.25) is 4.79 Å². The molecule has 0 saturated carbocycles. The molecule has 2 rings (SSSR count). The van der Waals surface area contributed by atoms with Gasteiger partial charge in [0.25, 0.3) is 5.91 Å². The number of hydrogen-bond donors (Lipinski definition) is 1. The van der Waals surface area contributed by atoms with Crippen molar-refractivity contribution in [2.24, 2.45) is 0 Å². The average Bonchev–Trinajstić information content (AvgIpc) is 2.57. The minimum Gasteiger partial charge on any atom is -0.494 e. The highest BCUT2D eigenvalue weighted by atomic mass is 35.5. The van der Waals surface area contributed by atoms with Crippen molar-refractivity contribution in [2.45, 2.75) is 32.6 Å². The van der Waals surface area contributed by atoms with Crippen LogP contribution in [0.25, 0.3) is 0 Å². The lowest BCUT2D eigenvalue weighted by Gasteiger charge is -2.08. The molecule has 4 heteroatoms. The van der Waals surface area contributed by atoms with E-state index in [4.69, 9.17) is 16.3 Å². The molecule has 1 N–H and O–H groups in total. The first-order valence-corrected chi connectivity index (χ1v) is 8.36. The van der Waals surface area contributed by atoms with Crippen LogP contribution in [-0.4, -0.2) is 12.5 Å². The molecular weight excluding hydrogens is 310 g/mol. The summed E-state index contributed by atoms with van der Waals surface area (Å²) in [6.45, 7) is 2.92. The molecule has 0 fully saturated rings. The number of halogens is 1. The summed E-state index contributed by atoms with van der Waals surface area (Å²) in [6, 6.07) is 14.2. The summed E-state index contributed by atoms with van der Waals surface area (Å²) in [6.07, 6.45) is 4.75. The molecule has 3 nitrogen and oxygen atoms in total. The number of unbranched alkanes of at least 4 members (excludes halogenated alkanes) is 3. The number of nitrogens with one attached hydrogen (secondary N) is 1. The van der Waals surface area contributed by atoms with Gasteiger partial charge < -0.3 is 10.1 Å². The number of rotatable bonds is 8. The quantitative estimate of drug-likeness (QED) is 0.644. The van der Waals surface area contributed by atoms with Gasteiger partial charge in [0, 0.05) is 16.3 Å². The fraction of sp³-hybridized carbons (Fsp3) is 0.316. The van der Waals surface area contributed by atoms with Crippen LogP contribution in [0.4, 0.5) is 5.69 Å². The number of carbonyl (C=O) groups excluding carboxylic acids is 1. The molecule has 0 unspecified atom stereocenters. The zero-order chi connectivity index (χ0) is 16.5. The molecule has 0 aliphatic rings. The second-order valence-electron chi connectivity index (χ2n) is 5.39. The molecule has 2 aromatic rings. The van der Waals surface area contributed by atoms with Gasteiger partial charge in [0.1, 0.15) is 5.75 Å². The summed E-state index contributed by atoms with van der Waals surface area (Å²) >= 11 is 5.82. The number of carbonyl (C=O) groups is 1. The molecule has 1 amide bonds. The number of benzene rings is 2. The molecule has 0 aliphatic carbocycles. The second-order valence-corrected chi connectivity index (χ2v) is 5.83.